The summed E-state index contributed by atoms with van der Waals surface area (Å²) >= 11 is 0.925. The Bertz CT molecular complexity index is 914. The summed E-state index contributed by atoms with van der Waals surface area (Å²) in [5.74, 6) is 5.34. The maximum atomic E-state index is 14.4. The lowest BCUT2D eigenvalue weighted by Gasteiger charge is -2.14. The van der Waals surface area contributed by atoms with E-state index >= 15 is 0 Å². The van der Waals surface area contributed by atoms with Crippen molar-refractivity contribution in [3.05, 3.63) is 33.6 Å². The lowest BCUT2D eigenvalue weighted by Crippen LogP contribution is -2.27. The normalized spacial score (nSPS) is 17.6. The third-order valence-electron chi connectivity index (χ3n) is 3.67. The number of benzene rings is 1. The summed E-state index contributed by atoms with van der Waals surface area (Å²) in [4.78, 5) is 15.9. The van der Waals surface area contributed by atoms with Crippen LogP contribution in [0.1, 0.15) is 33.3 Å². The number of aliphatic hydroxyl groups is 1. The van der Waals surface area contributed by atoms with Gasteiger partial charge in [0.15, 0.2) is 11.2 Å². The Balaban J connectivity index is 2.06. The number of fused-ring (bicyclic) bond motifs is 3. The van der Waals surface area contributed by atoms with Crippen LogP contribution in [0.25, 0.3) is 11.3 Å². The molecule has 136 valence electrons. The zero-order chi connectivity index (χ0) is 18.9. The van der Waals surface area contributed by atoms with Crippen LogP contribution < -0.4 is 10.5 Å². The zero-order valence-corrected chi connectivity index (χ0v) is 15.0. The number of aromatic nitrogens is 1. The van der Waals surface area contributed by atoms with E-state index < -0.39 is 17.7 Å². The number of carbonyl (C=O) groups excluding carboxylic acids is 1. The van der Waals surface area contributed by atoms with Crippen LogP contribution in [0.5, 0.6) is 5.75 Å². The predicted octanol–water partition coefficient (Wildman–Crippen LogP) is 2.06. The molecule has 6 nitrogen and oxygen atoms in total. The number of alkyl halides is 1. The van der Waals surface area contributed by atoms with E-state index in [0.717, 1.165) is 11.3 Å². The van der Waals surface area contributed by atoms with Crippen molar-refractivity contribution < 1.29 is 23.8 Å². The highest BCUT2D eigenvalue weighted by Gasteiger charge is 2.28. The van der Waals surface area contributed by atoms with Crippen LogP contribution in [-0.4, -0.2) is 41.9 Å². The standard InChI is InChI=1S/C18H17FN2O4S/c1-18(23,9-24-2)6-5-10-3-4-13-11(7-10)14-15(12(19)8-25-13)26-17(21-14)16(20)22/h3-4,7,12,23H,8-9H2,1-2H3,(H2,20,22)/t12-,18?/m0/s1. The fourth-order valence-electron chi connectivity index (χ4n) is 2.52. The second kappa shape index (κ2) is 7.03. The first-order valence-corrected chi connectivity index (χ1v) is 8.58. The van der Waals surface area contributed by atoms with Gasteiger partial charge in [0.2, 0.25) is 0 Å². The van der Waals surface area contributed by atoms with Gasteiger partial charge in [-0.3, -0.25) is 4.79 Å². The first-order chi connectivity index (χ1) is 12.3. The van der Waals surface area contributed by atoms with Gasteiger partial charge in [-0.1, -0.05) is 11.8 Å². The molecule has 1 aromatic carbocycles. The van der Waals surface area contributed by atoms with Crippen molar-refractivity contribution in [3.63, 3.8) is 0 Å². The van der Waals surface area contributed by atoms with Gasteiger partial charge in [-0.05, 0) is 25.1 Å². The molecule has 1 amide bonds. The average Bonchev–Trinajstić information content (AvgIpc) is 2.99. The number of hydrogen-bond donors (Lipinski definition) is 2. The van der Waals surface area contributed by atoms with Gasteiger partial charge in [0.25, 0.3) is 5.91 Å². The highest BCUT2D eigenvalue weighted by Crippen LogP contribution is 2.42. The summed E-state index contributed by atoms with van der Waals surface area (Å²) in [5.41, 5.74) is 5.42. The minimum atomic E-state index is -1.40. The minimum Gasteiger partial charge on any atom is -0.489 e. The Labute approximate surface area is 153 Å². The van der Waals surface area contributed by atoms with E-state index in [-0.39, 0.29) is 18.2 Å². The molecule has 0 radical (unpaired) electrons. The molecule has 0 aliphatic carbocycles. The lowest BCUT2D eigenvalue weighted by molar-refractivity contribution is 0.0274. The molecule has 0 saturated carbocycles. The molecule has 0 bridgehead atoms. The summed E-state index contributed by atoms with van der Waals surface area (Å²) in [7, 11) is 1.48. The number of rotatable bonds is 3. The minimum absolute atomic E-state index is 0.0463. The molecule has 0 saturated heterocycles. The van der Waals surface area contributed by atoms with E-state index in [4.69, 9.17) is 15.2 Å². The van der Waals surface area contributed by atoms with E-state index in [1.54, 1.807) is 25.1 Å². The van der Waals surface area contributed by atoms with Crippen LogP contribution in [0, 0.1) is 11.8 Å². The van der Waals surface area contributed by atoms with Gasteiger partial charge in [0.1, 0.15) is 18.0 Å². The first kappa shape index (κ1) is 18.3. The van der Waals surface area contributed by atoms with Crippen LogP contribution in [0.3, 0.4) is 0 Å². The molecule has 8 heteroatoms. The number of thiazole rings is 1. The number of nitrogens with two attached hydrogens (primary N) is 1. The number of nitrogens with zero attached hydrogens (tertiary/aromatic N) is 1. The van der Waals surface area contributed by atoms with E-state index in [0.29, 0.717) is 27.4 Å². The average molecular weight is 376 g/mol. The van der Waals surface area contributed by atoms with Crippen LogP contribution in [0.2, 0.25) is 0 Å². The van der Waals surface area contributed by atoms with Gasteiger partial charge < -0.3 is 20.3 Å². The van der Waals surface area contributed by atoms with Crippen molar-refractivity contribution in [2.24, 2.45) is 5.73 Å². The molecule has 2 aromatic rings. The number of carbonyl (C=O) groups is 1. The molecule has 1 unspecified atom stereocenters. The monoisotopic (exact) mass is 376 g/mol. The Morgan fingerprint density at radius 2 is 2.38 bits per heavy atom. The van der Waals surface area contributed by atoms with Crippen molar-refractivity contribution in [2.75, 3.05) is 20.3 Å². The van der Waals surface area contributed by atoms with Crippen LogP contribution >= 0.6 is 11.3 Å². The van der Waals surface area contributed by atoms with Gasteiger partial charge in [-0.25, -0.2) is 9.37 Å². The van der Waals surface area contributed by atoms with E-state index in [9.17, 15) is 14.3 Å². The highest BCUT2D eigenvalue weighted by molar-refractivity contribution is 7.14. The van der Waals surface area contributed by atoms with Crippen molar-refractivity contribution in [1.29, 1.82) is 0 Å². The summed E-state index contributed by atoms with van der Waals surface area (Å²) in [5, 5.41) is 10.1. The molecule has 2 heterocycles. The van der Waals surface area contributed by atoms with Gasteiger partial charge >= 0.3 is 0 Å². The molecule has 26 heavy (non-hydrogen) atoms. The molecule has 0 fully saturated rings. The third kappa shape index (κ3) is 3.70. The van der Waals surface area contributed by atoms with Crippen molar-refractivity contribution >= 4 is 17.2 Å². The Morgan fingerprint density at radius 3 is 3.08 bits per heavy atom. The number of hydrogen-bond acceptors (Lipinski definition) is 6. The second-order valence-electron chi connectivity index (χ2n) is 6.04. The quantitative estimate of drug-likeness (QED) is 0.800. The maximum absolute atomic E-state index is 14.4. The van der Waals surface area contributed by atoms with Crippen LogP contribution in [0.4, 0.5) is 4.39 Å². The largest absolute Gasteiger partial charge is 0.489 e. The van der Waals surface area contributed by atoms with Gasteiger partial charge in [0.05, 0.1) is 17.2 Å². The Morgan fingerprint density at radius 1 is 1.62 bits per heavy atom. The van der Waals surface area contributed by atoms with Crippen LogP contribution in [-0.2, 0) is 4.74 Å². The van der Waals surface area contributed by atoms with Crippen LogP contribution in [0.15, 0.2) is 18.2 Å². The van der Waals surface area contributed by atoms with Gasteiger partial charge in [0, 0.05) is 18.2 Å². The zero-order valence-electron chi connectivity index (χ0n) is 14.2. The summed E-state index contributed by atoms with van der Waals surface area (Å²) in [6.45, 7) is 1.44. The number of primary amides is 1. The van der Waals surface area contributed by atoms with Gasteiger partial charge in [-0.15, -0.1) is 11.3 Å². The second-order valence-corrected chi connectivity index (χ2v) is 7.07. The Hall–Kier alpha value is -2.47. The first-order valence-electron chi connectivity index (χ1n) is 7.77. The van der Waals surface area contributed by atoms with Crippen molar-refractivity contribution in [3.8, 4) is 28.8 Å². The molecular weight excluding hydrogens is 359 g/mol. The molecule has 1 aliphatic heterocycles. The molecule has 1 aliphatic rings. The van der Waals surface area contributed by atoms with E-state index in [2.05, 4.69) is 16.8 Å². The Kier molecular flexibility index (Phi) is 4.96. The molecule has 0 spiro atoms. The predicted molar refractivity (Wildman–Crippen MR) is 94.8 cm³/mol. The number of methoxy groups -OCH3 is 1. The third-order valence-corrected chi connectivity index (χ3v) is 4.82. The highest BCUT2D eigenvalue weighted by atomic mass is 32.1. The fraction of sp³-hybridized carbons (Fsp3) is 0.333. The number of amides is 1. The topological polar surface area (TPSA) is 94.7 Å². The molecule has 3 N–H and O–H groups in total. The SMILES string of the molecule is COCC(C)(O)C#Cc1ccc2c(c1)-c1nc(C(N)=O)sc1[C@@H](F)CO2. The summed E-state index contributed by atoms with van der Waals surface area (Å²) in [6, 6.07) is 5.05. The van der Waals surface area contributed by atoms with Gasteiger partial charge in [-0.2, -0.15) is 0 Å². The summed E-state index contributed by atoms with van der Waals surface area (Å²) < 4.78 is 24.8. The number of halogens is 1. The van der Waals surface area contributed by atoms with E-state index in [1.165, 1.54) is 7.11 Å². The fourth-order valence-corrected chi connectivity index (χ4v) is 3.42. The molecular formula is C18H17FN2O4S. The lowest BCUT2D eigenvalue weighted by atomic mass is 10.0. The van der Waals surface area contributed by atoms with E-state index in [1.807, 2.05) is 0 Å². The smallest absolute Gasteiger partial charge is 0.277 e. The molecule has 3 rings (SSSR count). The molecule has 2 atom stereocenters. The van der Waals surface area contributed by atoms with Crippen molar-refractivity contribution in [1.82, 2.24) is 4.98 Å². The molecule has 1 aromatic heterocycles. The van der Waals surface area contributed by atoms with Crippen molar-refractivity contribution in [2.45, 2.75) is 18.7 Å². The maximum Gasteiger partial charge on any atom is 0.277 e. The summed E-state index contributed by atoms with van der Waals surface area (Å²) in [6.07, 6.45) is -1.40. The number of ether oxygens (including phenoxy) is 2.